The molecule has 23 heavy (non-hydrogen) atoms. The van der Waals surface area contributed by atoms with Gasteiger partial charge in [0.2, 0.25) is 0 Å². The predicted molar refractivity (Wildman–Crippen MR) is 98.0 cm³/mol. The average Bonchev–Trinajstić information content (AvgIpc) is 2.53. The van der Waals surface area contributed by atoms with E-state index < -0.39 is 0 Å². The lowest BCUT2D eigenvalue weighted by Gasteiger charge is -2.24. The van der Waals surface area contributed by atoms with Gasteiger partial charge in [0.05, 0.1) is 6.61 Å². The molecule has 0 saturated carbocycles. The van der Waals surface area contributed by atoms with Crippen LogP contribution in [0.1, 0.15) is 25.0 Å². The third kappa shape index (κ3) is 6.47. The van der Waals surface area contributed by atoms with Crippen molar-refractivity contribution in [3.8, 4) is 5.75 Å². The normalized spacial score (nSPS) is 11.0. The van der Waals surface area contributed by atoms with E-state index in [0.29, 0.717) is 13.2 Å². The number of hydrogen-bond donors (Lipinski definition) is 2. The summed E-state index contributed by atoms with van der Waals surface area (Å²) in [6.07, 6.45) is 3.54. The minimum absolute atomic E-state index is 0. The van der Waals surface area contributed by atoms with Gasteiger partial charge in [-0.1, -0.05) is 22.0 Å². The lowest BCUT2D eigenvalue weighted by atomic mass is 10.1. The highest BCUT2D eigenvalue weighted by Crippen LogP contribution is 2.24. The second kappa shape index (κ2) is 9.23. The molecular formula is C17H22BrClN2O2. The number of halogens is 2. The van der Waals surface area contributed by atoms with Crippen LogP contribution in [-0.4, -0.2) is 22.2 Å². The monoisotopic (exact) mass is 400 g/mol. The van der Waals surface area contributed by atoms with Crippen LogP contribution in [0.25, 0.3) is 0 Å². The number of aliphatic hydroxyl groups excluding tert-OH is 1. The van der Waals surface area contributed by atoms with E-state index in [-0.39, 0.29) is 24.6 Å². The van der Waals surface area contributed by atoms with Crippen LogP contribution in [0.5, 0.6) is 5.75 Å². The molecule has 0 aliphatic rings. The van der Waals surface area contributed by atoms with Crippen molar-refractivity contribution >= 4 is 28.3 Å². The first kappa shape index (κ1) is 19.9. The number of aromatic nitrogens is 1. The number of rotatable bonds is 7. The molecule has 0 bridgehead atoms. The fourth-order valence-electron chi connectivity index (χ4n) is 1.86. The summed E-state index contributed by atoms with van der Waals surface area (Å²) in [6.45, 7) is 5.09. The zero-order valence-electron chi connectivity index (χ0n) is 13.3. The molecule has 1 aromatic carbocycles. The van der Waals surface area contributed by atoms with Crippen LogP contribution in [0.3, 0.4) is 0 Å². The SMILES string of the molecule is CC(C)(CO)NCc1cc(Br)ccc1OCc1cccnc1.Cl. The van der Waals surface area contributed by atoms with E-state index in [1.54, 1.807) is 12.4 Å². The molecule has 0 aliphatic heterocycles. The highest BCUT2D eigenvalue weighted by atomic mass is 79.9. The minimum atomic E-state index is -0.330. The molecule has 2 aromatic rings. The fourth-order valence-corrected chi connectivity index (χ4v) is 2.27. The van der Waals surface area contributed by atoms with Crippen LogP contribution in [0.4, 0.5) is 0 Å². The van der Waals surface area contributed by atoms with Crippen LogP contribution in [0, 0.1) is 0 Å². The second-order valence-electron chi connectivity index (χ2n) is 5.80. The lowest BCUT2D eigenvalue weighted by molar-refractivity contribution is 0.186. The Morgan fingerprint density at radius 2 is 2.09 bits per heavy atom. The summed E-state index contributed by atoms with van der Waals surface area (Å²) in [5.41, 5.74) is 1.74. The van der Waals surface area contributed by atoms with Crippen LogP contribution >= 0.6 is 28.3 Å². The van der Waals surface area contributed by atoms with Gasteiger partial charge < -0.3 is 15.2 Å². The quantitative estimate of drug-likeness (QED) is 0.743. The molecule has 126 valence electrons. The van der Waals surface area contributed by atoms with Crippen molar-refractivity contribution in [2.24, 2.45) is 0 Å². The van der Waals surface area contributed by atoms with E-state index in [1.165, 1.54) is 0 Å². The lowest BCUT2D eigenvalue weighted by Crippen LogP contribution is -2.42. The maximum Gasteiger partial charge on any atom is 0.124 e. The van der Waals surface area contributed by atoms with Gasteiger partial charge in [0.15, 0.2) is 0 Å². The van der Waals surface area contributed by atoms with Gasteiger partial charge in [0.25, 0.3) is 0 Å². The summed E-state index contributed by atoms with van der Waals surface area (Å²) in [5.74, 6) is 0.827. The Morgan fingerprint density at radius 1 is 1.30 bits per heavy atom. The Hall–Kier alpha value is -1.14. The molecule has 0 unspecified atom stereocenters. The molecular weight excluding hydrogens is 380 g/mol. The molecule has 0 spiro atoms. The number of ether oxygens (including phenoxy) is 1. The number of hydrogen-bond acceptors (Lipinski definition) is 4. The highest BCUT2D eigenvalue weighted by molar-refractivity contribution is 9.10. The van der Waals surface area contributed by atoms with E-state index >= 15 is 0 Å². The number of aliphatic hydroxyl groups is 1. The number of nitrogens with zero attached hydrogens (tertiary/aromatic N) is 1. The van der Waals surface area contributed by atoms with Gasteiger partial charge >= 0.3 is 0 Å². The van der Waals surface area contributed by atoms with Gasteiger partial charge in [-0.05, 0) is 38.1 Å². The van der Waals surface area contributed by atoms with Crippen LogP contribution in [0.2, 0.25) is 0 Å². The van der Waals surface area contributed by atoms with Crippen molar-refractivity contribution in [3.63, 3.8) is 0 Å². The molecule has 0 fully saturated rings. The summed E-state index contributed by atoms with van der Waals surface area (Å²) in [4.78, 5) is 4.09. The molecule has 4 nitrogen and oxygen atoms in total. The maximum absolute atomic E-state index is 9.34. The highest BCUT2D eigenvalue weighted by Gasteiger charge is 2.16. The van der Waals surface area contributed by atoms with Crippen LogP contribution in [0.15, 0.2) is 47.2 Å². The maximum atomic E-state index is 9.34. The minimum Gasteiger partial charge on any atom is -0.489 e. The molecule has 1 aromatic heterocycles. The van der Waals surface area contributed by atoms with Crippen molar-refractivity contribution in [1.29, 1.82) is 0 Å². The number of benzene rings is 1. The first-order valence-electron chi connectivity index (χ1n) is 7.16. The predicted octanol–water partition coefficient (Wildman–Crippen LogP) is 3.71. The Labute approximate surface area is 151 Å². The summed E-state index contributed by atoms with van der Waals surface area (Å²) < 4.78 is 6.91. The molecule has 2 N–H and O–H groups in total. The van der Waals surface area contributed by atoms with Gasteiger partial charge in [0, 0.05) is 40.1 Å². The van der Waals surface area contributed by atoms with E-state index in [0.717, 1.165) is 21.3 Å². The topological polar surface area (TPSA) is 54.4 Å². The number of nitrogens with one attached hydrogen (secondary N) is 1. The van der Waals surface area contributed by atoms with Crippen molar-refractivity contribution in [2.45, 2.75) is 32.5 Å². The first-order chi connectivity index (χ1) is 10.5. The van der Waals surface area contributed by atoms with E-state index in [1.807, 2.05) is 44.2 Å². The van der Waals surface area contributed by atoms with E-state index in [9.17, 15) is 5.11 Å². The fraction of sp³-hybridized carbons (Fsp3) is 0.353. The van der Waals surface area contributed by atoms with Gasteiger partial charge in [-0.3, -0.25) is 4.98 Å². The molecule has 6 heteroatoms. The van der Waals surface area contributed by atoms with Gasteiger partial charge in [-0.15, -0.1) is 12.4 Å². The molecule has 0 atom stereocenters. The molecule has 0 radical (unpaired) electrons. The van der Waals surface area contributed by atoms with Crippen molar-refractivity contribution in [3.05, 3.63) is 58.3 Å². The summed E-state index contributed by atoms with van der Waals surface area (Å²) in [5, 5.41) is 12.7. The zero-order chi connectivity index (χ0) is 16.0. The largest absolute Gasteiger partial charge is 0.489 e. The van der Waals surface area contributed by atoms with E-state index in [2.05, 4.69) is 26.2 Å². The Kier molecular flexibility index (Phi) is 7.99. The van der Waals surface area contributed by atoms with Crippen LogP contribution in [-0.2, 0) is 13.2 Å². The third-order valence-electron chi connectivity index (χ3n) is 3.29. The molecule has 0 saturated heterocycles. The Bertz CT molecular complexity index is 609. The summed E-state index contributed by atoms with van der Waals surface area (Å²) in [6, 6.07) is 9.81. The molecule has 0 amide bonds. The smallest absolute Gasteiger partial charge is 0.124 e. The first-order valence-corrected chi connectivity index (χ1v) is 7.95. The van der Waals surface area contributed by atoms with Gasteiger partial charge in [-0.25, -0.2) is 0 Å². The average molecular weight is 402 g/mol. The van der Waals surface area contributed by atoms with E-state index in [4.69, 9.17) is 4.74 Å². The Morgan fingerprint density at radius 3 is 2.74 bits per heavy atom. The van der Waals surface area contributed by atoms with Crippen molar-refractivity contribution in [1.82, 2.24) is 10.3 Å². The second-order valence-corrected chi connectivity index (χ2v) is 6.71. The molecule has 0 aliphatic carbocycles. The van der Waals surface area contributed by atoms with Gasteiger partial charge in [-0.2, -0.15) is 0 Å². The summed E-state index contributed by atoms with van der Waals surface area (Å²) in [7, 11) is 0. The molecule has 1 heterocycles. The third-order valence-corrected chi connectivity index (χ3v) is 3.79. The van der Waals surface area contributed by atoms with Gasteiger partial charge in [0.1, 0.15) is 12.4 Å². The van der Waals surface area contributed by atoms with Crippen molar-refractivity contribution < 1.29 is 9.84 Å². The summed E-state index contributed by atoms with van der Waals surface area (Å²) >= 11 is 3.49. The zero-order valence-corrected chi connectivity index (χ0v) is 15.7. The molecule has 2 rings (SSSR count). The Balaban J connectivity index is 0.00000264. The van der Waals surface area contributed by atoms with Crippen molar-refractivity contribution in [2.75, 3.05) is 6.61 Å². The van der Waals surface area contributed by atoms with Crippen LogP contribution < -0.4 is 10.1 Å². The number of pyridine rings is 1. The standard InChI is InChI=1S/C17H21BrN2O2.ClH/c1-17(2,12-21)20-10-14-8-15(18)5-6-16(14)22-11-13-4-3-7-19-9-13;/h3-9,20-21H,10-12H2,1-2H3;1H.